The predicted octanol–water partition coefficient (Wildman–Crippen LogP) is 4.32. The minimum atomic E-state index is -0.853. The van der Waals surface area contributed by atoms with E-state index < -0.39 is 17.2 Å². The van der Waals surface area contributed by atoms with Gasteiger partial charge in [0.05, 0.1) is 11.4 Å². The number of benzene rings is 1. The van der Waals surface area contributed by atoms with Gasteiger partial charge in [-0.25, -0.2) is 4.79 Å². The first kappa shape index (κ1) is 22.8. The zero-order chi connectivity index (χ0) is 22.8. The van der Waals surface area contributed by atoms with E-state index in [9.17, 15) is 4.79 Å². The molecule has 166 valence electrons. The highest BCUT2D eigenvalue weighted by molar-refractivity contribution is 7.98. The molecule has 2 heterocycles. The molecule has 0 fully saturated rings. The zero-order valence-electron chi connectivity index (χ0n) is 18.9. The molecule has 0 saturated carbocycles. The van der Waals surface area contributed by atoms with Crippen LogP contribution in [0.15, 0.2) is 34.2 Å². The van der Waals surface area contributed by atoms with E-state index in [1.54, 1.807) is 40.9 Å². The third-order valence-corrected chi connectivity index (χ3v) is 5.22. The molecule has 1 amide bonds. The highest BCUT2D eigenvalue weighted by Crippen LogP contribution is 2.26. The number of nitrogens with one attached hydrogen (secondary N) is 1. The highest BCUT2D eigenvalue weighted by Gasteiger charge is 2.31. The Morgan fingerprint density at radius 3 is 2.65 bits per heavy atom. The number of aryl methyl sites for hydroxylation is 2. The Bertz CT molecular complexity index is 1070. The molecule has 10 heteroatoms. The van der Waals surface area contributed by atoms with Crippen LogP contribution < -0.4 is 5.32 Å². The highest BCUT2D eigenvalue weighted by atomic mass is 32.2. The zero-order valence-corrected chi connectivity index (χ0v) is 19.7. The average molecular weight is 445 g/mol. The monoisotopic (exact) mass is 444 g/mol. The SMILES string of the molecule is Cc1ccc(-n2cnnc2SCc2nc(C(C)(C)NC(=O)OC(C)(C)C)no2)c(C)c1. The van der Waals surface area contributed by atoms with Gasteiger partial charge in [-0.15, -0.1) is 10.2 Å². The summed E-state index contributed by atoms with van der Waals surface area (Å²) < 4.78 is 12.6. The van der Waals surface area contributed by atoms with Crippen molar-refractivity contribution in [3.05, 3.63) is 47.4 Å². The number of ether oxygens (including phenoxy) is 1. The number of rotatable bonds is 6. The van der Waals surface area contributed by atoms with E-state index in [1.807, 2.05) is 10.6 Å². The van der Waals surface area contributed by atoms with E-state index >= 15 is 0 Å². The summed E-state index contributed by atoms with van der Waals surface area (Å²) in [5.74, 6) is 1.21. The van der Waals surface area contributed by atoms with Crippen LogP contribution in [0.3, 0.4) is 0 Å². The molecule has 3 rings (SSSR count). The molecular formula is C21H28N6O3S. The summed E-state index contributed by atoms with van der Waals surface area (Å²) in [5.41, 5.74) is 1.91. The molecule has 0 spiro atoms. The largest absolute Gasteiger partial charge is 0.444 e. The molecule has 0 unspecified atom stereocenters. The van der Waals surface area contributed by atoms with Gasteiger partial charge in [-0.3, -0.25) is 4.57 Å². The van der Waals surface area contributed by atoms with Gasteiger partial charge in [-0.2, -0.15) is 4.98 Å². The van der Waals surface area contributed by atoms with Crippen LogP contribution >= 0.6 is 11.8 Å². The van der Waals surface area contributed by atoms with Crippen molar-refractivity contribution in [3.8, 4) is 5.69 Å². The van der Waals surface area contributed by atoms with E-state index in [1.165, 1.54) is 17.3 Å². The number of carbonyl (C=O) groups excluding carboxylic acids is 1. The second-order valence-corrected chi connectivity index (χ2v) is 9.77. The molecule has 3 aromatic rings. The minimum Gasteiger partial charge on any atom is -0.444 e. The lowest BCUT2D eigenvalue weighted by Crippen LogP contribution is -2.44. The quantitative estimate of drug-likeness (QED) is 0.560. The Hall–Kier alpha value is -2.88. The number of hydrogen-bond donors (Lipinski definition) is 1. The Morgan fingerprint density at radius 2 is 1.97 bits per heavy atom. The summed E-state index contributed by atoms with van der Waals surface area (Å²) >= 11 is 1.44. The van der Waals surface area contributed by atoms with Crippen molar-refractivity contribution < 1.29 is 14.1 Å². The maximum atomic E-state index is 12.1. The van der Waals surface area contributed by atoms with Gasteiger partial charge in [0.25, 0.3) is 0 Å². The molecule has 0 aliphatic heterocycles. The third-order valence-electron chi connectivity index (χ3n) is 4.29. The molecule has 31 heavy (non-hydrogen) atoms. The molecule has 2 aromatic heterocycles. The number of carbonyl (C=O) groups is 1. The van der Waals surface area contributed by atoms with E-state index in [4.69, 9.17) is 9.26 Å². The van der Waals surface area contributed by atoms with Crippen molar-refractivity contribution in [2.45, 2.75) is 70.5 Å². The number of amides is 1. The van der Waals surface area contributed by atoms with Crippen LogP contribution in [0.25, 0.3) is 5.69 Å². The first-order valence-corrected chi connectivity index (χ1v) is 10.9. The van der Waals surface area contributed by atoms with Gasteiger partial charge in [0.1, 0.15) is 17.5 Å². The lowest BCUT2D eigenvalue weighted by atomic mass is 10.1. The maximum absolute atomic E-state index is 12.1. The first-order valence-electron chi connectivity index (χ1n) is 9.89. The average Bonchev–Trinajstić information content (AvgIpc) is 3.27. The number of hydrogen-bond acceptors (Lipinski definition) is 8. The number of alkyl carbamates (subject to hydrolysis) is 1. The Morgan fingerprint density at radius 1 is 1.23 bits per heavy atom. The van der Waals surface area contributed by atoms with Gasteiger partial charge in [-0.1, -0.05) is 34.6 Å². The second kappa shape index (κ2) is 8.70. The van der Waals surface area contributed by atoms with Crippen molar-refractivity contribution in [1.29, 1.82) is 0 Å². The Balaban J connectivity index is 1.67. The summed E-state index contributed by atoms with van der Waals surface area (Å²) in [6, 6.07) is 6.22. The predicted molar refractivity (Wildman–Crippen MR) is 117 cm³/mol. The fourth-order valence-electron chi connectivity index (χ4n) is 2.87. The van der Waals surface area contributed by atoms with E-state index in [-0.39, 0.29) is 0 Å². The minimum absolute atomic E-state index is 0.366. The summed E-state index contributed by atoms with van der Waals surface area (Å²) in [5, 5.41) is 15.8. The second-order valence-electron chi connectivity index (χ2n) is 8.83. The summed E-state index contributed by atoms with van der Waals surface area (Å²) in [4.78, 5) is 16.6. The summed E-state index contributed by atoms with van der Waals surface area (Å²) in [6.45, 7) is 13.1. The molecule has 1 aromatic carbocycles. The first-order chi connectivity index (χ1) is 14.4. The molecule has 9 nitrogen and oxygen atoms in total. The number of aromatic nitrogens is 5. The molecule has 0 aliphatic rings. The topological polar surface area (TPSA) is 108 Å². The van der Waals surface area contributed by atoms with Gasteiger partial charge in [0, 0.05) is 0 Å². The van der Waals surface area contributed by atoms with Gasteiger partial charge in [0.2, 0.25) is 5.89 Å². The van der Waals surface area contributed by atoms with Crippen molar-refractivity contribution in [2.24, 2.45) is 0 Å². The van der Waals surface area contributed by atoms with Crippen LogP contribution in [0.2, 0.25) is 0 Å². The lowest BCUT2D eigenvalue weighted by Gasteiger charge is -2.26. The van der Waals surface area contributed by atoms with Crippen LogP contribution in [0.5, 0.6) is 0 Å². The normalized spacial score (nSPS) is 12.1. The van der Waals surface area contributed by atoms with E-state index in [0.29, 0.717) is 17.5 Å². The van der Waals surface area contributed by atoms with E-state index in [0.717, 1.165) is 16.4 Å². The fraction of sp³-hybridized carbons (Fsp3) is 0.476. The van der Waals surface area contributed by atoms with Crippen molar-refractivity contribution in [1.82, 2.24) is 30.2 Å². The molecule has 1 N–H and O–H groups in total. The molecular weight excluding hydrogens is 416 g/mol. The van der Waals surface area contributed by atoms with Crippen LogP contribution in [0.1, 0.15) is 57.5 Å². The standard InChI is InChI=1S/C21H28N6O3S/c1-13-8-9-15(14(2)10-13)27-12-22-25-18(27)31-11-16-23-17(26-30-16)21(6,7)24-19(28)29-20(3,4)5/h8-10,12H,11H2,1-7H3,(H,24,28). The lowest BCUT2D eigenvalue weighted by molar-refractivity contribution is 0.0465. The van der Waals surface area contributed by atoms with Crippen molar-refractivity contribution in [3.63, 3.8) is 0 Å². The van der Waals surface area contributed by atoms with Gasteiger partial charge < -0.3 is 14.6 Å². The van der Waals surface area contributed by atoms with Crippen LogP contribution in [-0.4, -0.2) is 36.6 Å². The summed E-state index contributed by atoms with van der Waals surface area (Å²) in [6.07, 6.45) is 1.15. The number of thioether (sulfide) groups is 1. The van der Waals surface area contributed by atoms with Crippen LogP contribution in [0.4, 0.5) is 4.79 Å². The molecule has 0 saturated heterocycles. The van der Waals surface area contributed by atoms with Gasteiger partial charge in [-0.05, 0) is 60.1 Å². The third kappa shape index (κ3) is 5.84. The maximum Gasteiger partial charge on any atom is 0.408 e. The van der Waals surface area contributed by atoms with Crippen molar-refractivity contribution >= 4 is 17.9 Å². The fourth-order valence-corrected chi connectivity index (χ4v) is 3.63. The summed E-state index contributed by atoms with van der Waals surface area (Å²) in [7, 11) is 0. The van der Waals surface area contributed by atoms with E-state index in [2.05, 4.69) is 51.6 Å². The van der Waals surface area contributed by atoms with Gasteiger partial charge >= 0.3 is 6.09 Å². The molecule has 0 aliphatic carbocycles. The van der Waals surface area contributed by atoms with Crippen LogP contribution in [-0.2, 0) is 16.0 Å². The molecule has 0 bridgehead atoms. The van der Waals surface area contributed by atoms with Crippen LogP contribution in [0, 0.1) is 13.8 Å². The smallest absolute Gasteiger partial charge is 0.408 e. The molecule has 0 radical (unpaired) electrons. The Kier molecular flexibility index (Phi) is 6.40. The molecule has 0 atom stereocenters. The van der Waals surface area contributed by atoms with Crippen molar-refractivity contribution in [2.75, 3.05) is 0 Å². The van der Waals surface area contributed by atoms with Gasteiger partial charge in [0.15, 0.2) is 11.0 Å². The number of nitrogens with zero attached hydrogens (tertiary/aromatic N) is 5. The Labute approximate surface area is 186 Å².